The number of carbonyl (C=O) groups is 2. The molecule has 3 N–H and O–H groups in total. The standard InChI is InChI=1S/C15H17NO4S/c1-9(17)16-12(15(19)20)8-21-14-11-5-3-2-4-10(11)6-7-13(14)18/h2-7,12-14,18H,8H2,1H3,(H,16,17)(H,19,20)/t12-,13?,14?/m0/s1. The minimum Gasteiger partial charge on any atom is -0.480 e. The lowest BCUT2D eigenvalue weighted by Gasteiger charge is -2.27. The van der Waals surface area contributed by atoms with Gasteiger partial charge in [-0.05, 0) is 11.1 Å². The summed E-state index contributed by atoms with van der Waals surface area (Å²) in [5, 5.41) is 21.4. The van der Waals surface area contributed by atoms with E-state index in [1.807, 2.05) is 30.3 Å². The highest BCUT2D eigenvalue weighted by Gasteiger charge is 2.27. The molecule has 0 bridgehead atoms. The zero-order valence-electron chi connectivity index (χ0n) is 11.5. The van der Waals surface area contributed by atoms with Gasteiger partial charge in [-0.3, -0.25) is 4.79 Å². The van der Waals surface area contributed by atoms with E-state index < -0.39 is 18.1 Å². The number of fused-ring (bicyclic) bond motifs is 1. The number of carbonyl (C=O) groups excluding carboxylic acids is 1. The molecule has 0 spiro atoms. The molecule has 112 valence electrons. The number of aliphatic carboxylic acids is 1. The maximum Gasteiger partial charge on any atom is 0.327 e. The molecule has 1 aliphatic rings. The number of nitrogens with one attached hydrogen (secondary N) is 1. The van der Waals surface area contributed by atoms with E-state index in [-0.39, 0.29) is 16.9 Å². The van der Waals surface area contributed by atoms with Gasteiger partial charge in [-0.2, -0.15) is 0 Å². The van der Waals surface area contributed by atoms with Crippen LogP contribution in [-0.4, -0.2) is 40.0 Å². The Kier molecular flexibility index (Phi) is 5.03. The fourth-order valence-corrected chi connectivity index (χ4v) is 3.53. The van der Waals surface area contributed by atoms with E-state index in [2.05, 4.69) is 5.32 Å². The van der Waals surface area contributed by atoms with Gasteiger partial charge in [-0.15, -0.1) is 11.8 Å². The van der Waals surface area contributed by atoms with Gasteiger partial charge in [0.15, 0.2) is 0 Å². The van der Waals surface area contributed by atoms with Crippen molar-refractivity contribution in [3.05, 3.63) is 41.5 Å². The van der Waals surface area contributed by atoms with Crippen LogP contribution in [-0.2, 0) is 9.59 Å². The Bertz CT molecular complexity index is 573. The first kappa shape index (κ1) is 15.6. The van der Waals surface area contributed by atoms with E-state index in [0.717, 1.165) is 11.1 Å². The highest BCUT2D eigenvalue weighted by atomic mass is 32.2. The molecule has 0 fully saturated rings. The third-order valence-corrected chi connectivity index (χ3v) is 4.62. The average molecular weight is 307 g/mol. The molecular weight excluding hydrogens is 290 g/mol. The molecule has 0 radical (unpaired) electrons. The summed E-state index contributed by atoms with van der Waals surface area (Å²) in [7, 11) is 0. The summed E-state index contributed by atoms with van der Waals surface area (Å²) < 4.78 is 0. The number of carboxylic acids is 1. The number of thioether (sulfide) groups is 1. The van der Waals surface area contributed by atoms with Gasteiger partial charge in [-0.1, -0.05) is 36.4 Å². The van der Waals surface area contributed by atoms with Crippen LogP contribution in [0, 0.1) is 0 Å². The van der Waals surface area contributed by atoms with Crippen molar-refractivity contribution in [2.75, 3.05) is 5.75 Å². The molecule has 1 aliphatic carbocycles. The van der Waals surface area contributed by atoms with Gasteiger partial charge in [0.2, 0.25) is 5.91 Å². The van der Waals surface area contributed by atoms with Crippen molar-refractivity contribution in [1.82, 2.24) is 5.32 Å². The van der Waals surface area contributed by atoms with Crippen LogP contribution >= 0.6 is 11.8 Å². The number of carboxylic acid groups (broad SMARTS) is 1. The number of aliphatic hydroxyl groups is 1. The second-order valence-electron chi connectivity index (χ2n) is 4.82. The first-order valence-electron chi connectivity index (χ1n) is 6.55. The van der Waals surface area contributed by atoms with Crippen molar-refractivity contribution >= 4 is 29.7 Å². The number of amides is 1. The number of hydrogen-bond acceptors (Lipinski definition) is 4. The van der Waals surface area contributed by atoms with Gasteiger partial charge in [0.05, 0.1) is 11.4 Å². The Morgan fingerprint density at radius 2 is 2.10 bits per heavy atom. The molecule has 1 aromatic rings. The minimum atomic E-state index is -1.08. The largest absolute Gasteiger partial charge is 0.480 e. The van der Waals surface area contributed by atoms with Crippen LogP contribution in [0.4, 0.5) is 0 Å². The number of hydrogen-bond donors (Lipinski definition) is 3. The number of aliphatic hydroxyl groups excluding tert-OH is 1. The Hall–Kier alpha value is -1.79. The summed E-state index contributed by atoms with van der Waals surface area (Å²) in [5.74, 6) is -1.27. The molecule has 5 nitrogen and oxygen atoms in total. The second-order valence-corrected chi connectivity index (χ2v) is 6.00. The predicted molar refractivity (Wildman–Crippen MR) is 81.9 cm³/mol. The molecule has 0 aromatic heterocycles. The van der Waals surface area contributed by atoms with Crippen molar-refractivity contribution in [3.8, 4) is 0 Å². The zero-order chi connectivity index (χ0) is 15.4. The molecule has 0 saturated heterocycles. The highest BCUT2D eigenvalue weighted by molar-refractivity contribution is 7.99. The zero-order valence-corrected chi connectivity index (χ0v) is 12.3. The van der Waals surface area contributed by atoms with E-state index in [1.165, 1.54) is 18.7 Å². The van der Waals surface area contributed by atoms with E-state index in [1.54, 1.807) is 6.08 Å². The van der Waals surface area contributed by atoms with Crippen LogP contribution in [0.5, 0.6) is 0 Å². The van der Waals surface area contributed by atoms with Crippen LogP contribution in [0.25, 0.3) is 6.08 Å². The molecular formula is C15H17NO4S. The first-order chi connectivity index (χ1) is 9.99. The lowest BCUT2D eigenvalue weighted by molar-refractivity contribution is -0.140. The van der Waals surface area contributed by atoms with Crippen LogP contribution in [0.1, 0.15) is 23.3 Å². The van der Waals surface area contributed by atoms with E-state index >= 15 is 0 Å². The summed E-state index contributed by atoms with van der Waals surface area (Å²) in [4.78, 5) is 22.2. The van der Waals surface area contributed by atoms with Crippen molar-refractivity contribution in [2.45, 2.75) is 24.3 Å². The van der Waals surface area contributed by atoms with Crippen LogP contribution in [0.2, 0.25) is 0 Å². The predicted octanol–water partition coefficient (Wildman–Crippen LogP) is 1.44. The molecule has 0 heterocycles. The summed E-state index contributed by atoms with van der Waals surface area (Å²) in [5.41, 5.74) is 2.00. The highest BCUT2D eigenvalue weighted by Crippen LogP contribution is 2.38. The van der Waals surface area contributed by atoms with Crippen molar-refractivity contribution in [2.24, 2.45) is 0 Å². The molecule has 0 aliphatic heterocycles. The Labute approximate surface area is 127 Å². The van der Waals surface area contributed by atoms with Crippen LogP contribution in [0.3, 0.4) is 0 Å². The van der Waals surface area contributed by atoms with Gasteiger partial charge in [0, 0.05) is 12.7 Å². The Balaban J connectivity index is 2.09. The smallest absolute Gasteiger partial charge is 0.327 e. The summed E-state index contributed by atoms with van der Waals surface area (Å²) in [6.45, 7) is 1.29. The third-order valence-electron chi connectivity index (χ3n) is 3.20. The SMILES string of the molecule is CC(=O)N[C@@H](CSC1c2ccccc2C=CC1O)C(=O)O. The van der Waals surface area contributed by atoms with Gasteiger partial charge >= 0.3 is 5.97 Å². The van der Waals surface area contributed by atoms with Crippen molar-refractivity contribution < 1.29 is 19.8 Å². The van der Waals surface area contributed by atoms with E-state index in [4.69, 9.17) is 5.11 Å². The molecule has 2 unspecified atom stereocenters. The fraction of sp³-hybridized carbons (Fsp3) is 0.333. The van der Waals surface area contributed by atoms with Crippen molar-refractivity contribution in [3.63, 3.8) is 0 Å². The molecule has 1 aromatic carbocycles. The Morgan fingerprint density at radius 3 is 2.76 bits per heavy atom. The van der Waals surface area contributed by atoms with Crippen LogP contribution in [0.15, 0.2) is 30.3 Å². The summed E-state index contributed by atoms with van der Waals surface area (Å²) >= 11 is 1.33. The quantitative estimate of drug-likeness (QED) is 0.766. The van der Waals surface area contributed by atoms with E-state index in [9.17, 15) is 14.7 Å². The van der Waals surface area contributed by atoms with Gasteiger partial charge < -0.3 is 15.5 Å². The van der Waals surface area contributed by atoms with Gasteiger partial charge in [-0.25, -0.2) is 4.79 Å². The maximum absolute atomic E-state index is 11.1. The molecule has 6 heteroatoms. The van der Waals surface area contributed by atoms with Gasteiger partial charge in [0.1, 0.15) is 6.04 Å². The normalized spacial score (nSPS) is 21.4. The maximum atomic E-state index is 11.1. The third kappa shape index (κ3) is 3.86. The first-order valence-corrected chi connectivity index (χ1v) is 7.60. The Morgan fingerprint density at radius 1 is 1.38 bits per heavy atom. The summed E-state index contributed by atoms with van der Waals surface area (Å²) in [6, 6.07) is 6.72. The second kappa shape index (κ2) is 6.78. The minimum absolute atomic E-state index is 0.193. The molecule has 0 saturated carbocycles. The summed E-state index contributed by atoms with van der Waals surface area (Å²) in [6.07, 6.45) is 2.89. The lowest BCUT2D eigenvalue weighted by atomic mass is 9.95. The topological polar surface area (TPSA) is 86.6 Å². The van der Waals surface area contributed by atoms with E-state index in [0.29, 0.717) is 0 Å². The molecule has 21 heavy (non-hydrogen) atoms. The number of benzene rings is 1. The molecule has 1 amide bonds. The molecule has 2 rings (SSSR count). The molecule has 3 atom stereocenters. The lowest BCUT2D eigenvalue weighted by Crippen LogP contribution is -2.41. The average Bonchev–Trinajstić information content (AvgIpc) is 2.44. The van der Waals surface area contributed by atoms with Crippen molar-refractivity contribution in [1.29, 1.82) is 0 Å². The number of rotatable bonds is 5. The van der Waals surface area contributed by atoms with Crippen LogP contribution < -0.4 is 5.32 Å². The fourth-order valence-electron chi connectivity index (χ4n) is 2.22. The monoisotopic (exact) mass is 307 g/mol. The van der Waals surface area contributed by atoms with Gasteiger partial charge in [0.25, 0.3) is 0 Å².